The molecule has 0 fully saturated rings. The monoisotopic (exact) mass is 193 g/mol. The Bertz CT molecular complexity index is 533. The summed E-state index contributed by atoms with van der Waals surface area (Å²) in [5.41, 5.74) is 0.180. The van der Waals surface area contributed by atoms with Gasteiger partial charge in [0, 0.05) is 17.5 Å². The maximum absolute atomic E-state index is 13.0. The molecule has 0 saturated carbocycles. The first-order chi connectivity index (χ1) is 6.70. The number of fused-ring (bicyclic) bond motifs is 1. The summed E-state index contributed by atoms with van der Waals surface area (Å²) < 4.78 is 18.0. The topological polar surface area (TPSA) is 42.1 Å². The predicted molar refractivity (Wildman–Crippen MR) is 51.1 cm³/mol. The van der Waals surface area contributed by atoms with E-state index in [0.29, 0.717) is 16.7 Å². The fraction of sp³-hybridized carbons (Fsp3) is 0.100. The van der Waals surface area contributed by atoms with Crippen molar-refractivity contribution in [3.05, 3.63) is 40.4 Å². The van der Waals surface area contributed by atoms with Crippen LogP contribution < -0.4 is 10.3 Å². The number of aromatic amines is 1. The first kappa shape index (κ1) is 8.74. The lowest BCUT2D eigenvalue weighted by Gasteiger charge is -2.04. The maximum atomic E-state index is 13.0. The molecule has 1 N–H and O–H groups in total. The summed E-state index contributed by atoms with van der Waals surface area (Å²) in [6.45, 7) is 0. The summed E-state index contributed by atoms with van der Waals surface area (Å²) in [6, 6.07) is 5.52. The number of pyridine rings is 1. The number of hydrogen-bond acceptors (Lipinski definition) is 2. The van der Waals surface area contributed by atoms with Gasteiger partial charge in [-0.15, -0.1) is 0 Å². The molecule has 0 atom stereocenters. The van der Waals surface area contributed by atoms with E-state index in [1.54, 1.807) is 6.07 Å². The molecule has 0 radical (unpaired) electrons. The van der Waals surface area contributed by atoms with Gasteiger partial charge in [0.25, 0.3) is 0 Å². The molecule has 0 aliphatic carbocycles. The van der Waals surface area contributed by atoms with Gasteiger partial charge >= 0.3 is 0 Å². The lowest BCUT2D eigenvalue weighted by atomic mass is 10.2. The number of ether oxygens (including phenoxy) is 1. The van der Waals surface area contributed by atoms with Crippen LogP contribution in [0.1, 0.15) is 0 Å². The minimum Gasteiger partial charge on any atom is -0.496 e. The van der Waals surface area contributed by atoms with Gasteiger partial charge in [0.1, 0.15) is 11.6 Å². The highest BCUT2D eigenvalue weighted by molar-refractivity contribution is 5.84. The number of halogens is 1. The minimum absolute atomic E-state index is 0.259. The fourth-order valence-corrected chi connectivity index (χ4v) is 1.37. The van der Waals surface area contributed by atoms with E-state index in [1.807, 2.05) is 0 Å². The van der Waals surface area contributed by atoms with Crippen LogP contribution in [-0.4, -0.2) is 12.1 Å². The lowest BCUT2D eigenvalue weighted by Crippen LogP contribution is -2.03. The van der Waals surface area contributed by atoms with Crippen LogP contribution in [0.4, 0.5) is 4.39 Å². The number of benzene rings is 1. The highest BCUT2D eigenvalue weighted by Crippen LogP contribution is 2.24. The second-order valence-corrected chi connectivity index (χ2v) is 2.89. The average molecular weight is 193 g/mol. The van der Waals surface area contributed by atoms with Gasteiger partial charge < -0.3 is 9.72 Å². The first-order valence-corrected chi connectivity index (χ1v) is 4.07. The van der Waals surface area contributed by atoms with Crippen molar-refractivity contribution in [2.45, 2.75) is 0 Å². The van der Waals surface area contributed by atoms with E-state index in [9.17, 15) is 9.18 Å². The number of hydrogen-bond donors (Lipinski definition) is 1. The van der Waals surface area contributed by atoms with Crippen molar-refractivity contribution in [2.75, 3.05) is 7.11 Å². The molecule has 1 aromatic carbocycles. The summed E-state index contributed by atoms with van der Waals surface area (Å²) in [6.07, 6.45) is 0. The van der Waals surface area contributed by atoms with Gasteiger partial charge in [0.2, 0.25) is 5.56 Å². The van der Waals surface area contributed by atoms with Gasteiger partial charge in [-0.05, 0) is 12.1 Å². The lowest BCUT2D eigenvalue weighted by molar-refractivity contribution is 0.416. The van der Waals surface area contributed by atoms with Crippen molar-refractivity contribution >= 4 is 10.9 Å². The standard InChI is InChI=1S/C10H8FNO2/c1-14-9-5-6(11)4-8-7(9)2-3-10(13)12-8/h2-5H,1H3,(H,12,13). The van der Waals surface area contributed by atoms with E-state index in [1.165, 1.54) is 25.3 Å². The van der Waals surface area contributed by atoms with Crippen molar-refractivity contribution in [1.82, 2.24) is 4.98 Å². The predicted octanol–water partition coefficient (Wildman–Crippen LogP) is 1.68. The van der Waals surface area contributed by atoms with Crippen molar-refractivity contribution in [3.8, 4) is 5.75 Å². The molecule has 0 saturated heterocycles. The molecule has 1 heterocycles. The molecular weight excluding hydrogens is 185 g/mol. The molecule has 0 unspecified atom stereocenters. The normalized spacial score (nSPS) is 10.4. The van der Waals surface area contributed by atoms with Crippen molar-refractivity contribution in [2.24, 2.45) is 0 Å². The highest BCUT2D eigenvalue weighted by atomic mass is 19.1. The van der Waals surface area contributed by atoms with Crippen LogP contribution in [0, 0.1) is 5.82 Å². The molecular formula is C10H8FNO2. The van der Waals surface area contributed by atoms with Gasteiger partial charge in [-0.1, -0.05) is 0 Å². The van der Waals surface area contributed by atoms with Crippen LogP contribution in [0.15, 0.2) is 29.1 Å². The van der Waals surface area contributed by atoms with Crippen molar-refractivity contribution in [3.63, 3.8) is 0 Å². The molecule has 4 heteroatoms. The molecule has 0 amide bonds. The number of H-pyrrole nitrogens is 1. The van der Waals surface area contributed by atoms with Crippen LogP contribution in [0.25, 0.3) is 10.9 Å². The Balaban J connectivity index is 2.87. The third-order valence-electron chi connectivity index (χ3n) is 1.99. The van der Waals surface area contributed by atoms with Crippen molar-refractivity contribution < 1.29 is 9.13 Å². The Labute approximate surface area is 79.1 Å². The summed E-state index contributed by atoms with van der Waals surface area (Å²) >= 11 is 0. The zero-order valence-electron chi connectivity index (χ0n) is 7.50. The van der Waals surface area contributed by atoms with Crippen LogP contribution in [-0.2, 0) is 0 Å². The van der Waals surface area contributed by atoms with E-state index in [0.717, 1.165) is 0 Å². The Morgan fingerprint density at radius 1 is 1.36 bits per heavy atom. The van der Waals surface area contributed by atoms with Gasteiger partial charge in [-0.25, -0.2) is 4.39 Å². The molecule has 0 aliphatic heterocycles. The molecule has 14 heavy (non-hydrogen) atoms. The third kappa shape index (κ3) is 1.35. The van der Waals surface area contributed by atoms with Gasteiger partial charge in [-0.2, -0.15) is 0 Å². The zero-order chi connectivity index (χ0) is 10.1. The largest absolute Gasteiger partial charge is 0.496 e. The third-order valence-corrected chi connectivity index (χ3v) is 1.99. The summed E-state index contributed by atoms with van der Waals surface area (Å²) in [4.78, 5) is 13.5. The Morgan fingerprint density at radius 2 is 2.14 bits per heavy atom. The van der Waals surface area contributed by atoms with Crippen LogP contribution in [0.2, 0.25) is 0 Å². The van der Waals surface area contributed by atoms with E-state index < -0.39 is 5.82 Å². The molecule has 3 nitrogen and oxygen atoms in total. The highest BCUT2D eigenvalue weighted by Gasteiger charge is 2.04. The van der Waals surface area contributed by atoms with E-state index in [2.05, 4.69) is 4.98 Å². The Hall–Kier alpha value is -1.84. The number of methoxy groups -OCH3 is 1. The number of aromatic nitrogens is 1. The minimum atomic E-state index is -0.434. The number of rotatable bonds is 1. The Kier molecular flexibility index (Phi) is 1.96. The SMILES string of the molecule is COc1cc(F)cc2[nH]c(=O)ccc12. The zero-order valence-corrected chi connectivity index (χ0v) is 7.50. The maximum Gasteiger partial charge on any atom is 0.248 e. The van der Waals surface area contributed by atoms with Crippen LogP contribution >= 0.6 is 0 Å². The van der Waals surface area contributed by atoms with E-state index >= 15 is 0 Å². The second-order valence-electron chi connectivity index (χ2n) is 2.89. The molecule has 2 aromatic rings. The first-order valence-electron chi connectivity index (χ1n) is 4.07. The number of nitrogens with one attached hydrogen (secondary N) is 1. The van der Waals surface area contributed by atoms with Crippen LogP contribution in [0.5, 0.6) is 5.75 Å². The molecule has 0 bridgehead atoms. The molecule has 2 rings (SSSR count). The molecule has 1 aromatic heterocycles. The van der Waals surface area contributed by atoms with Gasteiger partial charge in [-0.3, -0.25) is 4.79 Å². The molecule has 0 spiro atoms. The van der Waals surface area contributed by atoms with Gasteiger partial charge in [0.05, 0.1) is 12.6 Å². The quantitative estimate of drug-likeness (QED) is 0.748. The van der Waals surface area contributed by atoms with E-state index in [-0.39, 0.29) is 5.56 Å². The second kappa shape index (κ2) is 3.14. The van der Waals surface area contributed by atoms with Crippen LogP contribution in [0.3, 0.4) is 0 Å². The summed E-state index contributed by atoms with van der Waals surface area (Å²) in [5, 5.41) is 0.688. The fourth-order valence-electron chi connectivity index (χ4n) is 1.37. The molecule has 72 valence electrons. The smallest absolute Gasteiger partial charge is 0.248 e. The van der Waals surface area contributed by atoms with Gasteiger partial charge in [0.15, 0.2) is 0 Å². The summed E-state index contributed by atoms with van der Waals surface area (Å²) in [7, 11) is 1.46. The average Bonchev–Trinajstić information content (AvgIpc) is 2.15. The summed E-state index contributed by atoms with van der Waals surface area (Å²) in [5.74, 6) is -0.0209. The Morgan fingerprint density at radius 3 is 2.86 bits per heavy atom. The van der Waals surface area contributed by atoms with Crippen molar-refractivity contribution in [1.29, 1.82) is 0 Å². The molecule has 0 aliphatic rings. The van der Waals surface area contributed by atoms with E-state index in [4.69, 9.17) is 4.74 Å².